The number of hydrogen-bond acceptors (Lipinski definition) is 1. The van der Waals surface area contributed by atoms with E-state index in [0.717, 1.165) is 18.9 Å². The van der Waals surface area contributed by atoms with Crippen LogP contribution in [0.4, 0.5) is 0 Å². The lowest BCUT2D eigenvalue weighted by Crippen LogP contribution is -1.84. The number of allylic oxidation sites excluding steroid dienone is 1. The van der Waals surface area contributed by atoms with Gasteiger partial charge in [-0.2, -0.15) is 0 Å². The Morgan fingerprint density at radius 2 is 2.25 bits per heavy atom. The average molecular weight is 162 g/mol. The van der Waals surface area contributed by atoms with E-state index in [-0.39, 0.29) is 0 Å². The van der Waals surface area contributed by atoms with Crippen molar-refractivity contribution >= 4 is 5.97 Å². The van der Waals surface area contributed by atoms with Gasteiger partial charge in [0.1, 0.15) is 0 Å². The molecule has 0 aliphatic carbocycles. The van der Waals surface area contributed by atoms with Gasteiger partial charge in [0.25, 0.3) is 0 Å². The number of carboxylic acids is 1. The fourth-order valence-corrected chi connectivity index (χ4v) is 0.422. The molecular weight excluding hydrogens is 152 g/mol. The van der Waals surface area contributed by atoms with E-state index < -0.39 is 5.97 Å². The van der Waals surface area contributed by atoms with Crippen LogP contribution in [0.2, 0.25) is 0 Å². The van der Waals surface area contributed by atoms with Crippen molar-refractivity contribution in [3.8, 4) is 23.7 Å². The molecule has 1 N–H and O–H groups in total. The maximum atomic E-state index is 9.94. The average Bonchev–Trinajstić information content (AvgIpc) is 2.02. The first-order valence-electron chi connectivity index (χ1n) is 3.65. The van der Waals surface area contributed by atoms with Gasteiger partial charge in [-0.25, -0.2) is 4.79 Å². The molecule has 62 valence electrons. The van der Waals surface area contributed by atoms with E-state index in [9.17, 15) is 4.79 Å². The van der Waals surface area contributed by atoms with Crippen molar-refractivity contribution < 1.29 is 9.90 Å². The van der Waals surface area contributed by atoms with Crippen molar-refractivity contribution in [3.63, 3.8) is 0 Å². The number of carbonyl (C=O) groups is 1. The number of carboxylic acid groups (broad SMARTS) is 1. The summed E-state index contributed by atoms with van der Waals surface area (Å²) in [5.41, 5.74) is 0. The largest absolute Gasteiger partial charge is 0.478 e. The van der Waals surface area contributed by atoms with Gasteiger partial charge in [-0.15, -0.1) is 0 Å². The maximum absolute atomic E-state index is 9.94. The molecule has 2 nitrogen and oxygen atoms in total. The number of unbranched alkanes of at least 4 members (excludes halogenated alkanes) is 1. The molecule has 0 fully saturated rings. The van der Waals surface area contributed by atoms with Crippen LogP contribution in [-0.2, 0) is 4.79 Å². The summed E-state index contributed by atoms with van der Waals surface area (Å²) < 4.78 is 0. The van der Waals surface area contributed by atoms with Crippen LogP contribution < -0.4 is 0 Å². The van der Waals surface area contributed by atoms with Gasteiger partial charge < -0.3 is 5.11 Å². The van der Waals surface area contributed by atoms with Gasteiger partial charge in [0, 0.05) is 12.5 Å². The molecule has 12 heavy (non-hydrogen) atoms. The summed E-state index contributed by atoms with van der Waals surface area (Å²) in [7, 11) is 0. The van der Waals surface area contributed by atoms with Gasteiger partial charge in [-0.05, 0) is 24.3 Å². The molecule has 0 aromatic heterocycles. The second-order valence-corrected chi connectivity index (χ2v) is 1.99. The standard InChI is InChI=1S/C10H10O2/c1-2-3-4-5-6-7-8-9-10(11)12/h8-9H,2-3H2,1H3,(H,11,12). The van der Waals surface area contributed by atoms with E-state index in [0.29, 0.717) is 0 Å². The van der Waals surface area contributed by atoms with Crippen LogP contribution in [0.3, 0.4) is 0 Å². The molecule has 2 heteroatoms. The van der Waals surface area contributed by atoms with Gasteiger partial charge >= 0.3 is 5.97 Å². The molecule has 0 radical (unpaired) electrons. The monoisotopic (exact) mass is 162 g/mol. The van der Waals surface area contributed by atoms with Crippen LogP contribution >= 0.6 is 0 Å². The molecule has 0 aliphatic heterocycles. The minimum absolute atomic E-state index is 0.831. The van der Waals surface area contributed by atoms with E-state index in [1.165, 1.54) is 6.08 Å². The first kappa shape index (κ1) is 10.3. The Balaban J connectivity index is 3.76. The zero-order valence-electron chi connectivity index (χ0n) is 6.92. The van der Waals surface area contributed by atoms with Crippen LogP contribution in [0.25, 0.3) is 0 Å². The third kappa shape index (κ3) is 8.33. The van der Waals surface area contributed by atoms with Gasteiger partial charge in [-0.3, -0.25) is 0 Å². The van der Waals surface area contributed by atoms with E-state index in [2.05, 4.69) is 23.7 Å². The number of hydrogen-bond donors (Lipinski definition) is 1. The lowest BCUT2D eigenvalue weighted by atomic mass is 10.3. The Morgan fingerprint density at radius 1 is 1.50 bits per heavy atom. The topological polar surface area (TPSA) is 37.3 Å². The Kier molecular flexibility index (Phi) is 6.40. The maximum Gasteiger partial charge on any atom is 0.328 e. The normalized spacial score (nSPS) is 8.08. The smallest absolute Gasteiger partial charge is 0.328 e. The van der Waals surface area contributed by atoms with Crippen molar-refractivity contribution in [2.75, 3.05) is 0 Å². The molecule has 0 aromatic rings. The number of aliphatic carboxylic acids is 1. The Labute approximate surface area is 72.3 Å². The van der Waals surface area contributed by atoms with Crippen molar-refractivity contribution in [1.29, 1.82) is 0 Å². The van der Waals surface area contributed by atoms with Crippen LogP contribution in [0.5, 0.6) is 0 Å². The van der Waals surface area contributed by atoms with E-state index >= 15 is 0 Å². The van der Waals surface area contributed by atoms with Crippen molar-refractivity contribution in [2.24, 2.45) is 0 Å². The summed E-state index contributed by atoms with van der Waals surface area (Å²) in [6, 6.07) is 0. The first-order chi connectivity index (χ1) is 5.77. The van der Waals surface area contributed by atoms with Gasteiger partial charge in [-0.1, -0.05) is 18.8 Å². The van der Waals surface area contributed by atoms with Gasteiger partial charge in [0.05, 0.1) is 0 Å². The predicted molar refractivity (Wildman–Crippen MR) is 47.2 cm³/mol. The highest BCUT2D eigenvalue weighted by molar-refractivity contribution is 5.80. The van der Waals surface area contributed by atoms with Crippen LogP contribution in [0, 0.1) is 23.7 Å². The molecule has 0 unspecified atom stereocenters. The summed E-state index contributed by atoms with van der Waals surface area (Å²) in [6.07, 6.45) is 4.09. The lowest BCUT2D eigenvalue weighted by Gasteiger charge is -1.72. The zero-order chi connectivity index (χ0) is 9.23. The van der Waals surface area contributed by atoms with E-state index in [1.807, 2.05) is 6.92 Å². The molecule has 0 atom stereocenters. The number of rotatable bonds is 2. The minimum Gasteiger partial charge on any atom is -0.478 e. The van der Waals surface area contributed by atoms with Crippen LogP contribution in [0.15, 0.2) is 12.2 Å². The van der Waals surface area contributed by atoms with Gasteiger partial charge in [0.2, 0.25) is 0 Å². The van der Waals surface area contributed by atoms with Crippen molar-refractivity contribution in [2.45, 2.75) is 19.8 Å². The lowest BCUT2D eigenvalue weighted by molar-refractivity contribution is -0.131. The highest BCUT2D eigenvalue weighted by atomic mass is 16.4. The molecule has 0 heterocycles. The fraction of sp³-hybridized carbons (Fsp3) is 0.300. The predicted octanol–water partition coefficient (Wildman–Crippen LogP) is 1.43. The van der Waals surface area contributed by atoms with Crippen LogP contribution in [0.1, 0.15) is 19.8 Å². The molecule has 0 bridgehead atoms. The molecular formula is C10H10O2. The summed E-state index contributed by atoms with van der Waals surface area (Å²) in [5.74, 6) is 9.43. The van der Waals surface area contributed by atoms with Crippen LogP contribution in [-0.4, -0.2) is 11.1 Å². The molecule has 0 aromatic carbocycles. The first-order valence-corrected chi connectivity index (χ1v) is 3.65. The minimum atomic E-state index is -0.995. The second kappa shape index (κ2) is 7.44. The summed E-state index contributed by atoms with van der Waals surface area (Å²) in [6.45, 7) is 2.03. The Morgan fingerprint density at radius 3 is 2.83 bits per heavy atom. The zero-order valence-corrected chi connectivity index (χ0v) is 6.92. The molecule has 0 spiro atoms. The molecule has 0 saturated carbocycles. The fourth-order valence-electron chi connectivity index (χ4n) is 0.422. The summed E-state index contributed by atoms with van der Waals surface area (Å²) in [5, 5.41) is 8.16. The molecule has 0 aliphatic rings. The molecule has 0 saturated heterocycles. The van der Waals surface area contributed by atoms with E-state index in [4.69, 9.17) is 5.11 Å². The van der Waals surface area contributed by atoms with Crippen molar-refractivity contribution in [1.82, 2.24) is 0 Å². The molecule has 0 amide bonds. The Bertz CT molecular complexity index is 278. The van der Waals surface area contributed by atoms with E-state index in [1.54, 1.807) is 0 Å². The SMILES string of the molecule is CCCC#CC#CC=CC(=O)O. The summed E-state index contributed by atoms with van der Waals surface area (Å²) >= 11 is 0. The third-order valence-electron chi connectivity index (χ3n) is 0.907. The third-order valence-corrected chi connectivity index (χ3v) is 0.907. The van der Waals surface area contributed by atoms with Gasteiger partial charge in [0.15, 0.2) is 0 Å². The summed E-state index contributed by atoms with van der Waals surface area (Å²) in [4.78, 5) is 9.94. The molecule has 0 rings (SSSR count). The quantitative estimate of drug-likeness (QED) is 0.492. The Hall–Kier alpha value is -1.67. The highest BCUT2D eigenvalue weighted by Crippen LogP contribution is 1.79. The second-order valence-electron chi connectivity index (χ2n) is 1.99. The highest BCUT2D eigenvalue weighted by Gasteiger charge is 1.79. The van der Waals surface area contributed by atoms with Crippen molar-refractivity contribution in [3.05, 3.63) is 12.2 Å².